The van der Waals surface area contributed by atoms with Gasteiger partial charge in [-0.25, -0.2) is 0 Å². The number of hydrogen-bond donors (Lipinski definition) is 1. The third kappa shape index (κ3) is 2.82. The number of hydrogen-bond acceptors (Lipinski definition) is 2. The van der Waals surface area contributed by atoms with Crippen LogP contribution in [0.1, 0.15) is 46.8 Å². The van der Waals surface area contributed by atoms with Gasteiger partial charge < -0.3 is 5.11 Å². The van der Waals surface area contributed by atoms with Crippen LogP contribution in [0, 0.1) is 5.92 Å². The number of fused-ring (bicyclic) bond motifs is 1. The normalized spacial score (nSPS) is 22.3. The molecule has 1 heterocycles. The van der Waals surface area contributed by atoms with Crippen molar-refractivity contribution in [3.05, 3.63) is 57.3 Å². The molecule has 1 aromatic heterocycles. The first-order chi connectivity index (χ1) is 9.78. The summed E-state index contributed by atoms with van der Waals surface area (Å²) in [5.41, 5.74) is 2.49. The SMILES string of the molecule is CCc1ccc(CC2CCCc3ccccc3C2O)s1. The van der Waals surface area contributed by atoms with Gasteiger partial charge in [-0.1, -0.05) is 31.2 Å². The predicted octanol–water partition coefficient (Wildman–Crippen LogP) is 4.54. The highest BCUT2D eigenvalue weighted by atomic mass is 32.1. The molecule has 1 nitrogen and oxygen atoms in total. The Hall–Kier alpha value is -1.12. The van der Waals surface area contributed by atoms with Gasteiger partial charge in [0.1, 0.15) is 0 Å². The fourth-order valence-corrected chi connectivity index (χ4v) is 4.26. The van der Waals surface area contributed by atoms with Crippen LogP contribution < -0.4 is 0 Å². The molecule has 0 fully saturated rings. The largest absolute Gasteiger partial charge is 0.388 e. The van der Waals surface area contributed by atoms with Crippen molar-refractivity contribution < 1.29 is 5.11 Å². The first-order valence-electron chi connectivity index (χ1n) is 7.61. The number of aryl methyl sites for hydroxylation is 2. The summed E-state index contributed by atoms with van der Waals surface area (Å²) in [7, 11) is 0. The maximum absolute atomic E-state index is 10.7. The van der Waals surface area contributed by atoms with E-state index in [1.54, 1.807) is 0 Å². The molecular weight excluding hydrogens is 264 g/mol. The van der Waals surface area contributed by atoms with Crippen LogP contribution in [-0.4, -0.2) is 5.11 Å². The Bertz CT molecular complexity index is 572. The van der Waals surface area contributed by atoms with Crippen LogP contribution in [0.4, 0.5) is 0 Å². The van der Waals surface area contributed by atoms with Crippen molar-refractivity contribution in [1.29, 1.82) is 0 Å². The second kappa shape index (κ2) is 6.11. The summed E-state index contributed by atoms with van der Waals surface area (Å²) in [6.45, 7) is 2.20. The van der Waals surface area contributed by atoms with Gasteiger partial charge in [-0.05, 0) is 61.3 Å². The van der Waals surface area contributed by atoms with Gasteiger partial charge in [-0.2, -0.15) is 0 Å². The van der Waals surface area contributed by atoms with E-state index in [1.165, 1.54) is 21.7 Å². The van der Waals surface area contributed by atoms with Crippen LogP contribution in [0.15, 0.2) is 36.4 Å². The minimum absolute atomic E-state index is 0.305. The Morgan fingerprint density at radius 2 is 1.95 bits per heavy atom. The fraction of sp³-hybridized carbons (Fsp3) is 0.444. The number of thiophene rings is 1. The average molecular weight is 286 g/mol. The molecule has 2 aromatic rings. The molecule has 106 valence electrons. The van der Waals surface area contributed by atoms with E-state index in [2.05, 4.69) is 37.3 Å². The summed E-state index contributed by atoms with van der Waals surface area (Å²) in [4.78, 5) is 2.87. The molecule has 1 aromatic carbocycles. The van der Waals surface area contributed by atoms with Crippen molar-refractivity contribution in [3.8, 4) is 0 Å². The summed E-state index contributed by atoms with van der Waals surface area (Å²) in [6, 6.07) is 12.9. The van der Waals surface area contributed by atoms with E-state index >= 15 is 0 Å². The van der Waals surface area contributed by atoms with E-state index in [9.17, 15) is 5.11 Å². The standard InChI is InChI=1S/C18H22OS/c1-2-15-10-11-16(20-15)12-14-8-5-7-13-6-3-4-9-17(13)18(14)19/h3-4,6,9-11,14,18-19H,2,5,7-8,12H2,1H3. The minimum Gasteiger partial charge on any atom is -0.388 e. The van der Waals surface area contributed by atoms with E-state index in [1.807, 2.05) is 17.4 Å². The van der Waals surface area contributed by atoms with Crippen molar-refractivity contribution in [2.75, 3.05) is 0 Å². The molecule has 0 spiro atoms. The second-order valence-corrected chi connectivity index (χ2v) is 6.97. The molecule has 2 heteroatoms. The van der Waals surface area contributed by atoms with E-state index in [4.69, 9.17) is 0 Å². The van der Waals surface area contributed by atoms with Crippen LogP contribution in [0.2, 0.25) is 0 Å². The van der Waals surface area contributed by atoms with Crippen LogP contribution in [-0.2, 0) is 19.3 Å². The molecule has 0 bridgehead atoms. The Morgan fingerprint density at radius 1 is 1.15 bits per heavy atom. The van der Waals surface area contributed by atoms with Crippen molar-refractivity contribution in [2.24, 2.45) is 5.92 Å². The number of aliphatic hydroxyl groups is 1. The Labute approximate surface area is 125 Å². The van der Waals surface area contributed by atoms with Crippen molar-refractivity contribution in [1.82, 2.24) is 0 Å². The monoisotopic (exact) mass is 286 g/mol. The molecule has 0 radical (unpaired) electrons. The van der Waals surface area contributed by atoms with Gasteiger partial charge in [0.15, 0.2) is 0 Å². The molecule has 0 saturated heterocycles. The van der Waals surface area contributed by atoms with Crippen LogP contribution >= 0.6 is 11.3 Å². The lowest BCUT2D eigenvalue weighted by Crippen LogP contribution is -2.14. The highest BCUT2D eigenvalue weighted by molar-refractivity contribution is 7.11. The van der Waals surface area contributed by atoms with Gasteiger partial charge in [0.25, 0.3) is 0 Å². The maximum Gasteiger partial charge on any atom is 0.0824 e. The molecule has 3 rings (SSSR count). The van der Waals surface area contributed by atoms with Gasteiger partial charge in [-0.3, -0.25) is 0 Å². The smallest absolute Gasteiger partial charge is 0.0824 e. The van der Waals surface area contributed by atoms with Crippen molar-refractivity contribution in [3.63, 3.8) is 0 Å². The molecular formula is C18H22OS. The first-order valence-corrected chi connectivity index (χ1v) is 8.43. The summed E-state index contributed by atoms with van der Waals surface area (Å²) >= 11 is 1.91. The van der Waals surface area contributed by atoms with Crippen LogP contribution in [0.3, 0.4) is 0 Å². The molecule has 1 N–H and O–H groups in total. The number of rotatable bonds is 3. The Morgan fingerprint density at radius 3 is 2.75 bits per heavy atom. The van der Waals surface area contributed by atoms with Crippen LogP contribution in [0.5, 0.6) is 0 Å². The number of benzene rings is 1. The molecule has 20 heavy (non-hydrogen) atoms. The predicted molar refractivity (Wildman–Crippen MR) is 85.2 cm³/mol. The second-order valence-electron chi connectivity index (χ2n) is 5.72. The average Bonchev–Trinajstić information content (AvgIpc) is 2.87. The first kappa shape index (κ1) is 13.8. The Kier molecular flexibility index (Phi) is 4.23. The lowest BCUT2D eigenvalue weighted by molar-refractivity contribution is 0.105. The molecule has 2 atom stereocenters. The highest BCUT2D eigenvalue weighted by Crippen LogP contribution is 2.36. The molecule has 2 unspecified atom stereocenters. The van der Waals surface area contributed by atoms with Crippen molar-refractivity contribution >= 4 is 11.3 Å². The van der Waals surface area contributed by atoms with Crippen molar-refractivity contribution in [2.45, 2.75) is 45.1 Å². The zero-order valence-electron chi connectivity index (χ0n) is 12.0. The van der Waals surface area contributed by atoms with Gasteiger partial charge in [0.2, 0.25) is 0 Å². The van der Waals surface area contributed by atoms with Crippen LogP contribution in [0.25, 0.3) is 0 Å². The van der Waals surface area contributed by atoms with Gasteiger partial charge in [0, 0.05) is 9.75 Å². The highest BCUT2D eigenvalue weighted by Gasteiger charge is 2.26. The minimum atomic E-state index is -0.305. The summed E-state index contributed by atoms with van der Waals surface area (Å²) < 4.78 is 0. The summed E-state index contributed by atoms with van der Waals surface area (Å²) in [5.74, 6) is 0.363. The molecule has 1 aliphatic rings. The van der Waals surface area contributed by atoms with E-state index in [-0.39, 0.29) is 6.10 Å². The number of aliphatic hydroxyl groups excluding tert-OH is 1. The zero-order chi connectivity index (χ0) is 13.9. The van der Waals surface area contributed by atoms with Gasteiger partial charge in [-0.15, -0.1) is 11.3 Å². The lowest BCUT2D eigenvalue weighted by Gasteiger charge is -2.21. The molecule has 0 saturated carbocycles. The quantitative estimate of drug-likeness (QED) is 0.821. The van der Waals surface area contributed by atoms with E-state index < -0.39 is 0 Å². The molecule has 0 aliphatic heterocycles. The third-order valence-electron chi connectivity index (χ3n) is 4.37. The zero-order valence-corrected chi connectivity index (χ0v) is 12.8. The molecule has 0 amide bonds. The van der Waals surface area contributed by atoms with E-state index in [0.29, 0.717) is 5.92 Å². The molecule has 1 aliphatic carbocycles. The summed E-state index contributed by atoms with van der Waals surface area (Å²) in [6.07, 6.45) is 5.23. The maximum atomic E-state index is 10.7. The fourth-order valence-electron chi connectivity index (χ4n) is 3.21. The van der Waals surface area contributed by atoms with E-state index in [0.717, 1.165) is 31.2 Å². The lowest BCUT2D eigenvalue weighted by atomic mass is 9.90. The van der Waals surface area contributed by atoms with Gasteiger partial charge in [0.05, 0.1) is 6.10 Å². The summed E-state index contributed by atoms with van der Waals surface area (Å²) in [5, 5.41) is 10.7. The topological polar surface area (TPSA) is 20.2 Å². The Balaban J connectivity index is 1.80. The van der Waals surface area contributed by atoms with Gasteiger partial charge >= 0.3 is 0 Å². The third-order valence-corrected chi connectivity index (χ3v) is 5.62.